The van der Waals surface area contributed by atoms with Crippen molar-refractivity contribution in [1.29, 1.82) is 0 Å². The van der Waals surface area contributed by atoms with E-state index in [1.807, 2.05) is 19.1 Å². The van der Waals surface area contributed by atoms with Gasteiger partial charge in [-0.2, -0.15) is 0 Å². The van der Waals surface area contributed by atoms with Crippen LogP contribution in [0.5, 0.6) is 5.75 Å². The highest BCUT2D eigenvalue weighted by Gasteiger charge is 2.27. The largest absolute Gasteiger partial charge is 0.497 e. The first-order chi connectivity index (χ1) is 8.59. The third-order valence-electron chi connectivity index (χ3n) is 3.63. The molecule has 0 bridgehead atoms. The van der Waals surface area contributed by atoms with Gasteiger partial charge in [-0.15, -0.1) is 0 Å². The van der Waals surface area contributed by atoms with Crippen LogP contribution in [0, 0.1) is 0 Å². The summed E-state index contributed by atoms with van der Waals surface area (Å²) in [5.41, 5.74) is 0.819. The molecule has 1 N–H and O–H groups in total. The Hall–Kier alpha value is -1.06. The summed E-state index contributed by atoms with van der Waals surface area (Å²) in [6.45, 7) is 4.85. The third-order valence-corrected chi connectivity index (χ3v) is 3.63. The van der Waals surface area contributed by atoms with Crippen LogP contribution < -0.4 is 4.74 Å². The van der Waals surface area contributed by atoms with Gasteiger partial charge in [0.25, 0.3) is 0 Å². The van der Waals surface area contributed by atoms with Crippen LogP contribution in [0.2, 0.25) is 0 Å². The van der Waals surface area contributed by atoms with E-state index in [9.17, 15) is 5.11 Å². The van der Waals surface area contributed by atoms with E-state index < -0.39 is 5.60 Å². The predicted octanol–water partition coefficient (Wildman–Crippen LogP) is 2.08. The lowest BCUT2D eigenvalue weighted by Crippen LogP contribution is -2.46. The standard InChI is InChI=1S/C15H23NO2/c1-15(17)9-3-10-16(12-15)11-8-13-4-6-14(18-2)7-5-13/h4-7,17H,3,8-12H2,1-2H3. The monoisotopic (exact) mass is 249 g/mol. The molecule has 1 atom stereocenters. The van der Waals surface area contributed by atoms with Gasteiger partial charge in [0.15, 0.2) is 0 Å². The lowest BCUT2D eigenvalue weighted by Gasteiger charge is -2.36. The summed E-state index contributed by atoms with van der Waals surface area (Å²) >= 11 is 0. The van der Waals surface area contributed by atoms with Gasteiger partial charge in [-0.25, -0.2) is 0 Å². The van der Waals surface area contributed by atoms with E-state index >= 15 is 0 Å². The van der Waals surface area contributed by atoms with E-state index in [0.29, 0.717) is 0 Å². The van der Waals surface area contributed by atoms with Crippen molar-refractivity contribution in [3.05, 3.63) is 29.8 Å². The fraction of sp³-hybridized carbons (Fsp3) is 0.600. The van der Waals surface area contributed by atoms with Crippen LogP contribution in [0.3, 0.4) is 0 Å². The molecule has 3 heteroatoms. The van der Waals surface area contributed by atoms with E-state index in [1.54, 1.807) is 7.11 Å². The van der Waals surface area contributed by atoms with Crippen molar-refractivity contribution >= 4 is 0 Å². The summed E-state index contributed by atoms with van der Waals surface area (Å²) < 4.78 is 5.15. The lowest BCUT2D eigenvalue weighted by atomic mass is 9.95. The summed E-state index contributed by atoms with van der Waals surface area (Å²) in [5, 5.41) is 10.1. The minimum absolute atomic E-state index is 0.502. The quantitative estimate of drug-likeness (QED) is 0.887. The molecule has 0 aromatic heterocycles. The molecule has 0 radical (unpaired) electrons. The van der Waals surface area contributed by atoms with Crippen LogP contribution in [0.1, 0.15) is 25.3 Å². The van der Waals surface area contributed by atoms with Gasteiger partial charge in [-0.1, -0.05) is 12.1 Å². The van der Waals surface area contributed by atoms with Gasteiger partial charge in [0.05, 0.1) is 12.7 Å². The Kier molecular flexibility index (Phi) is 4.25. The van der Waals surface area contributed by atoms with Crippen molar-refractivity contribution in [1.82, 2.24) is 4.90 Å². The number of methoxy groups -OCH3 is 1. The fourth-order valence-corrected chi connectivity index (χ4v) is 2.59. The average Bonchev–Trinajstić information content (AvgIpc) is 2.36. The van der Waals surface area contributed by atoms with Gasteiger partial charge in [0.1, 0.15) is 5.75 Å². The molecule has 1 fully saturated rings. The highest BCUT2D eigenvalue weighted by molar-refractivity contribution is 5.27. The molecule has 2 rings (SSSR count). The van der Waals surface area contributed by atoms with Gasteiger partial charge < -0.3 is 14.7 Å². The van der Waals surface area contributed by atoms with Gasteiger partial charge in [-0.05, 0) is 50.4 Å². The molecule has 0 amide bonds. The summed E-state index contributed by atoms with van der Waals surface area (Å²) in [6, 6.07) is 8.23. The van der Waals surface area contributed by atoms with E-state index in [0.717, 1.165) is 44.6 Å². The number of piperidine rings is 1. The Morgan fingerprint density at radius 1 is 1.33 bits per heavy atom. The number of aliphatic hydroxyl groups is 1. The molecule has 0 aliphatic carbocycles. The SMILES string of the molecule is COc1ccc(CCN2CCCC(C)(O)C2)cc1. The van der Waals surface area contributed by atoms with Gasteiger partial charge >= 0.3 is 0 Å². The second-order valence-electron chi connectivity index (χ2n) is 5.47. The molecule has 0 spiro atoms. The fourth-order valence-electron chi connectivity index (χ4n) is 2.59. The maximum absolute atomic E-state index is 10.1. The maximum atomic E-state index is 10.1. The van der Waals surface area contributed by atoms with Gasteiger partial charge in [-0.3, -0.25) is 0 Å². The first-order valence-electron chi connectivity index (χ1n) is 6.67. The minimum Gasteiger partial charge on any atom is -0.497 e. The Morgan fingerprint density at radius 2 is 2.06 bits per heavy atom. The second-order valence-corrected chi connectivity index (χ2v) is 5.47. The first-order valence-corrected chi connectivity index (χ1v) is 6.67. The molecule has 1 saturated heterocycles. The highest BCUT2D eigenvalue weighted by atomic mass is 16.5. The van der Waals surface area contributed by atoms with E-state index in [2.05, 4.69) is 17.0 Å². The van der Waals surface area contributed by atoms with Crippen molar-refractivity contribution < 1.29 is 9.84 Å². The van der Waals surface area contributed by atoms with Crippen LogP contribution in [-0.4, -0.2) is 42.4 Å². The minimum atomic E-state index is -0.502. The Labute approximate surface area is 109 Å². The van der Waals surface area contributed by atoms with Crippen LogP contribution >= 0.6 is 0 Å². The lowest BCUT2D eigenvalue weighted by molar-refractivity contribution is -0.0150. The third kappa shape index (κ3) is 3.72. The summed E-state index contributed by atoms with van der Waals surface area (Å²) in [4.78, 5) is 2.35. The zero-order chi connectivity index (χ0) is 13.0. The van der Waals surface area contributed by atoms with E-state index in [4.69, 9.17) is 4.74 Å². The molecule has 1 aromatic carbocycles. The average molecular weight is 249 g/mol. The number of benzene rings is 1. The normalized spacial score (nSPS) is 25.1. The van der Waals surface area contributed by atoms with Gasteiger partial charge in [0.2, 0.25) is 0 Å². The van der Waals surface area contributed by atoms with E-state index in [1.165, 1.54) is 5.56 Å². The zero-order valence-electron chi connectivity index (χ0n) is 11.4. The molecule has 1 aliphatic rings. The molecule has 3 nitrogen and oxygen atoms in total. The second kappa shape index (κ2) is 5.72. The van der Waals surface area contributed by atoms with Crippen molar-refractivity contribution in [2.24, 2.45) is 0 Å². The molecular weight excluding hydrogens is 226 g/mol. The smallest absolute Gasteiger partial charge is 0.118 e. The number of hydrogen-bond acceptors (Lipinski definition) is 3. The van der Waals surface area contributed by atoms with Crippen molar-refractivity contribution in [3.8, 4) is 5.75 Å². The molecule has 100 valence electrons. The molecule has 1 heterocycles. The highest BCUT2D eigenvalue weighted by Crippen LogP contribution is 2.20. The molecule has 1 aromatic rings. The molecule has 0 saturated carbocycles. The van der Waals surface area contributed by atoms with Crippen molar-refractivity contribution in [2.45, 2.75) is 31.8 Å². The number of hydrogen-bond donors (Lipinski definition) is 1. The topological polar surface area (TPSA) is 32.7 Å². The number of nitrogens with zero attached hydrogens (tertiary/aromatic N) is 1. The summed E-state index contributed by atoms with van der Waals surface area (Å²) in [6.07, 6.45) is 3.04. The van der Waals surface area contributed by atoms with Crippen LogP contribution in [-0.2, 0) is 6.42 Å². The van der Waals surface area contributed by atoms with Crippen LogP contribution in [0.15, 0.2) is 24.3 Å². The maximum Gasteiger partial charge on any atom is 0.118 e. The Morgan fingerprint density at radius 3 is 2.67 bits per heavy atom. The summed E-state index contributed by atoms with van der Waals surface area (Å²) in [5.74, 6) is 0.902. The van der Waals surface area contributed by atoms with E-state index in [-0.39, 0.29) is 0 Å². The molecular formula is C15H23NO2. The molecule has 1 aliphatic heterocycles. The number of rotatable bonds is 4. The number of ether oxygens (including phenoxy) is 1. The van der Waals surface area contributed by atoms with Crippen molar-refractivity contribution in [2.75, 3.05) is 26.7 Å². The zero-order valence-corrected chi connectivity index (χ0v) is 11.4. The van der Waals surface area contributed by atoms with Crippen LogP contribution in [0.4, 0.5) is 0 Å². The molecule has 18 heavy (non-hydrogen) atoms. The molecule has 1 unspecified atom stereocenters. The van der Waals surface area contributed by atoms with Gasteiger partial charge in [0, 0.05) is 13.1 Å². The Bertz CT molecular complexity index is 373. The Balaban J connectivity index is 1.83. The van der Waals surface area contributed by atoms with Crippen LogP contribution in [0.25, 0.3) is 0 Å². The number of likely N-dealkylation sites (tertiary alicyclic amines) is 1. The number of β-amino-alcohol motifs (C(OH)–C–C–N with tert-alkyl or cyclic N) is 1. The first kappa shape index (κ1) is 13.4. The van der Waals surface area contributed by atoms with Crippen molar-refractivity contribution in [3.63, 3.8) is 0 Å². The summed E-state index contributed by atoms with van der Waals surface area (Å²) in [7, 11) is 1.69. The predicted molar refractivity (Wildman–Crippen MR) is 73.0 cm³/mol.